The molecule has 0 saturated heterocycles. The predicted octanol–water partition coefficient (Wildman–Crippen LogP) is 6.41. The molecule has 0 aliphatic heterocycles. The van der Waals surface area contributed by atoms with Gasteiger partial charge in [0.25, 0.3) is 5.91 Å². The van der Waals surface area contributed by atoms with Gasteiger partial charge in [0.05, 0.1) is 42.7 Å². The standard InChI is InChI=1S/C28H28N2O5S/c1-15(2)35-28(32)25-16(3)17(4)36-27(25)30-26(31)21-14-23(29-22-10-8-7-9-19(21)22)20-12-11-18(33-5)13-24(20)34-6/h7-15H,1-6H3,(H,30,31). The van der Waals surface area contributed by atoms with E-state index in [0.29, 0.717) is 44.2 Å². The highest BCUT2D eigenvalue weighted by Crippen LogP contribution is 2.36. The summed E-state index contributed by atoms with van der Waals surface area (Å²) < 4.78 is 16.3. The summed E-state index contributed by atoms with van der Waals surface area (Å²) in [5.41, 5.74) is 3.58. The van der Waals surface area contributed by atoms with Gasteiger partial charge in [0, 0.05) is 21.9 Å². The Morgan fingerprint density at radius 1 is 1.00 bits per heavy atom. The number of para-hydroxylation sites is 1. The molecule has 0 radical (unpaired) electrons. The quantitative estimate of drug-likeness (QED) is 0.293. The van der Waals surface area contributed by atoms with Crippen molar-refractivity contribution < 1.29 is 23.8 Å². The van der Waals surface area contributed by atoms with E-state index in [-0.39, 0.29) is 12.0 Å². The zero-order valence-electron chi connectivity index (χ0n) is 21.1. The molecule has 2 aromatic heterocycles. The largest absolute Gasteiger partial charge is 0.497 e. The Kier molecular flexibility index (Phi) is 7.26. The molecule has 4 aromatic rings. The number of carbonyl (C=O) groups excluding carboxylic acids is 2. The minimum atomic E-state index is -0.453. The van der Waals surface area contributed by atoms with Gasteiger partial charge < -0.3 is 19.5 Å². The zero-order chi connectivity index (χ0) is 26.0. The van der Waals surface area contributed by atoms with Gasteiger partial charge in [-0.3, -0.25) is 4.79 Å². The van der Waals surface area contributed by atoms with Crippen molar-refractivity contribution >= 4 is 39.1 Å². The number of methoxy groups -OCH3 is 2. The lowest BCUT2D eigenvalue weighted by atomic mass is 10.0. The van der Waals surface area contributed by atoms with Crippen LogP contribution in [0.1, 0.15) is 45.0 Å². The van der Waals surface area contributed by atoms with Crippen molar-refractivity contribution in [3.05, 3.63) is 70.1 Å². The SMILES string of the molecule is COc1ccc(-c2cc(C(=O)Nc3sc(C)c(C)c3C(=O)OC(C)C)c3ccccc3n2)c(OC)c1. The van der Waals surface area contributed by atoms with Crippen molar-refractivity contribution in [2.24, 2.45) is 0 Å². The second kappa shape index (κ2) is 10.4. The van der Waals surface area contributed by atoms with Crippen LogP contribution in [0, 0.1) is 13.8 Å². The number of nitrogens with zero attached hydrogens (tertiary/aromatic N) is 1. The predicted molar refractivity (Wildman–Crippen MR) is 143 cm³/mol. The summed E-state index contributed by atoms with van der Waals surface area (Å²) >= 11 is 1.35. The normalized spacial score (nSPS) is 11.0. The fourth-order valence-electron chi connectivity index (χ4n) is 3.92. The number of benzene rings is 2. The highest BCUT2D eigenvalue weighted by Gasteiger charge is 2.24. The summed E-state index contributed by atoms with van der Waals surface area (Å²) in [6.07, 6.45) is -0.271. The van der Waals surface area contributed by atoms with Crippen LogP contribution in [0.2, 0.25) is 0 Å². The first-order valence-corrected chi connectivity index (χ1v) is 12.3. The Bertz CT molecular complexity index is 1460. The summed E-state index contributed by atoms with van der Waals surface area (Å²) in [6.45, 7) is 7.36. The molecule has 1 amide bonds. The van der Waals surface area contributed by atoms with Crippen LogP contribution >= 0.6 is 11.3 Å². The van der Waals surface area contributed by atoms with E-state index in [4.69, 9.17) is 19.2 Å². The van der Waals surface area contributed by atoms with Crippen molar-refractivity contribution in [3.63, 3.8) is 0 Å². The highest BCUT2D eigenvalue weighted by atomic mass is 32.1. The fourth-order valence-corrected chi connectivity index (χ4v) is 4.96. The molecule has 0 unspecified atom stereocenters. The second-order valence-electron chi connectivity index (χ2n) is 8.53. The Balaban J connectivity index is 1.80. The van der Waals surface area contributed by atoms with Crippen LogP contribution < -0.4 is 14.8 Å². The average Bonchev–Trinajstić information content (AvgIpc) is 3.14. The average molecular weight is 505 g/mol. The van der Waals surface area contributed by atoms with Gasteiger partial charge in [-0.2, -0.15) is 0 Å². The number of pyridine rings is 1. The number of fused-ring (bicyclic) bond motifs is 1. The molecule has 2 aromatic carbocycles. The van der Waals surface area contributed by atoms with Crippen LogP contribution in [0.15, 0.2) is 48.5 Å². The number of anilines is 1. The third kappa shape index (κ3) is 4.90. The number of esters is 1. The fraction of sp³-hybridized carbons (Fsp3) is 0.250. The lowest BCUT2D eigenvalue weighted by Crippen LogP contribution is -2.17. The lowest BCUT2D eigenvalue weighted by molar-refractivity contribution is 0.0379. The number of amides is 1. The molecule has 0 atom stereocenters. The number of hydrogen-bond acceptors (Lipinski definition) is 7. The van der Waals surface area contributed by atoms with Crippen LogP contribution in [0.5, 0.6) is 11.5 Å². The van der Waals surface area contributed by atoms with Gasteiger partial charge in [-0.15, -0.1) is 11.3 Å². The molecule has 2 heterocycles. The number of thiophene rings is 1. The molecule has 186 valence electrons. The third-order valence-corrected chi connectivity index (χ3v) is 6.93. The monoisotopic (exact) mass is 504 g/mol. The highest BCUT2D eigenvalue weighted by molar-refractivity contribution is 7.16. The van der Waals surface area contributed by atoms with Gasteiger partial charge in [0.1, 0.15) is 16.5 Å². The molecule has 0 saturated carbocycles. The van der Waals surface area contributed by atoms with E-state index in [1.54, 1.807) is 40.2 Å². The number of ether oxygens (including phenoxy) is 3. The number of hydrogen-bond donors (Lipinski definition) is 1. The van der Waals surface area contributed by atoms with Crippen molar-refractivity contribution in [2.75, 3.05) is 19.5 Å². The van der Waals surface area contributed by atoms with E-state index in [9.17, 15) is 9.59 Å². The topological polar surface area (TPSA) is 86.8 Å². The van der Waals surface area contributed by atoms with Crippen molar-refractivity contribution in [3.8, 4) is 22.8 Å². The summed E-state index contributed by atoms with van der Waals surface area (Å²) in [5.74, 6) is 0.429. The molecule has 7 nitrogen and oxygen atoms in total. The number of carbonyl (C=O) groups is 2. The Morgan fingerprint density at radius 3 is 2.44 bits per heavy atom. The lowest BCUT2D eigenvalue weighted by Gasteiger charge is -2.14. The molecule has 8 heteroatoms. The van der Waals surface area contributed by atoms with Crippen LogP contribution in [0.25, 0.3) is 22.2 Å². The first-order chi connectivity index (χ1) is 17.2. The molecule has 4 rings (SSSR count). The van der Waals surface area contributed by atoms with E-state index < -0.39 is 5.97 Å². The van der Waals surface area contributed by atoms with Crippen molar-refractivity contribution in [2.45, 2.75) is 33.8 Å². The van der Waals surface area contributed by atoms with Crippen LogP contribution in [-0.2, 0) is 4.74 Å². The van der Waals surface area contributed by atoms with Gasteiger partial charge >= 0.3 is 5.97 Å². The molecule has 0 bridgehead atoms. The number of nitrogens with one attached hydrogen (secondary N) is 1. The van der Waals surface area contributed by atoms with Crippen LogP contribution in [0.4, 0.5) is 5.00 Å². The van der Waals surface area contributed by atoms with Gasteiger partial charge in [0.15, 0.2) is 0 Å². The first-order valence-electron chi connectivity index (χ1n) is 11.5. The number of rotatable bonds is 7. The van der Waals surface area contributed by atoms with Gasteiger partial charge in [-0.1, -0.05) is 18.2 Å². The summed E-state index contributed by atoms with van der Waals surface area (Å²) in [4.78, 5) is 32.2. The molecular formula is C28H28N2O5S. The zero-order valence-corrected chi connectivity index (χ0v) is 21.9. The Labute approximate surface area is 214 Å². The maximum Gasteiger partial charge on any atom is 0.341 e. The number of aryl methyl sites for hydroxylation is 1. The van der Waals surface area contributed by atoms with Gasteiger partial charge in [-0.25, -0.2) is 9.78 Å². The maximum absolute atomic E-state index is 13.6. The molecular weight excluding hydrogens is 476 g/mol. The van der Waals surface area contributed by atoms with Gasteiger partial charge in [0.2, 0.25) is 0 Å². The minimum Gasteiger partial charge on any atom is -0.497 e. The summed E-state index contributed by atoms with van der Waals surface area (Å²) in [7, 11) is 3.16. The molecule has 1 N–H and O–H groups in total. The van der Waals surface area contributed by atoms with Crippen LogP contribution in [-0.4, -0.2) is 37.2 Å². The summed E-state index contributed by atoms with van der Waals surface area (Å²) in [6, 6.07) is 14.6. The molecule has 0 aliphatic rings. The van der Waals surface area contributed by atoms with Crippen molar-refractivity contribution in [1.29, 1.82) is 0 Å². The smallest absolute Gasteiger partial charge is 0.341 e. The molecule has 0 aliphatic carbocycles. The third-order valence-electron chi connectivity index (χ3n) is 5.80. The van der Waals surface area contributed by atoms with Gasteiger partial charge in [-0.05, 0) is 57.5 Å². The van der Waals surface area contributed by atoms with E-state index in [0.717, 1.165) is 16.0 Å². The van der Waals surface area contributed by atoms with E-state index in [2.05, 4.69) is 5.32 Å². The maximum atomic E-state index is 13.6. The molecule has 36 heavy (non-hydrogen) atoms. The van der Waals surface area contributed by atoms with Crippen molar-refractivity contribution in [1.82, 2.24) is 4.98 Å². The number of aromatic nitrogens is 1. The molecule has 0 fully saturated rings. The minimum absolute atomic E-state index is 0.271. The summed E-state index contributed by atoms with van der Waals surface area (Å²) in [5, 5.41) is 4.12. The van der Waals surface area contributed by atoms with E-state index in [1.807, 2.05) is 50.2 Å². The Hall–Kier alpha value is -3.91. The van der Waals surface area contributed by atoms with E-state index in [1.165, 1.54) is 11.3 Å². The van der Waals surface area contributed by atoms with Crippen LogP contribution in [0.3, 0.4) is 0 Å². The van der Waals surface area contributed by atoms with E-state index >= 15 is 0 Å². The Morgan fingerprint density at radius 2 is 1.75 bits per heavy atom. The first kappa shape index (κ1) is 25.2. The molecule has 0 spiro atoms. The second-order valence-corrected chi connectivity index (χ2v) is 9.76.